The number of thiophene rings is 1. The van der Waals surface area contributed by atoms with Crippen LogP contribution in [-0.4, -0.2) is 26.3 Å². The lowest BCUT2D eigenvalue weighted by molar-refractivity contribution is 0.0942. The molecule has 0 saturated heterocycles. The molecule has 0 fully saturated rings. The van der Waals surface area contributed by atoms with E-state index in [9.17, 15) is 4.79 Å². The lowest BCUT2D eigenvalue weighted by atomic mass is 10.2. The van der Waals surface area contributed by atoms with Crippen molar-refractivity contribution in [2.75, 3.05) is 0 Å². The number of nitrogens with one attached hydrogen (secondary N) is 2. The van der Waals surface area contributed by atoms with Crippen LogP contribution < -0.4 is 5.32 Å². The second-order valence-electron chi connectivity index (χ2n) is 4.30. The monoisotopic (exact) mass is 303 g/mol. The van der Waals surface area contributed by atoms with E-state index in [0.717, 1.165) is 11.3 Å². The van der Waals surface area contributed by atoms with Crippen molar-refractivity contribution in [1.29, 1.82) is 0 Å². The summed E-state index contributed by atoms with van der Waals surface area (Å²) < 4.78 is 5.32. The van der Waals surface area contributed by atoms with Crippen LogP contribution in [0.1, 0.15) is 29.2 Å². The van der Waals surface area contributed by atoms with Gasteiger partial charge in [-0.25, -0.2) is 0 Å². The van der Waals surface area contributed by atoms with Gasteiger partial charge in [0.1, 0.15) is 5.69 Å². The Morgan fingerprint density at radius 1 is 1.43 bits per heavy atom. The second-order valence-corrected chi connectivity index (χ2v) is 5.08. The minimum Gasteiger partial charge on any atom is -0.423 e. The van der Waals surface area contributed by atoms with Crippen LogP contribution in [0.15, 0.2) is 27.3 Å². The Morgan fingerprint density at radius 3 is 3.00 bits per heavy atom. The van der Waals surface area contributed by atoms with Gasteiger partial charge in [-0.15, -0.1) is 10.2 Å². The molecule has 0 aliphatic heterocycles. The summed E-state index contributed by atoms with van der Waals surface area (Å²) in [5.41, 5.74) is 2.12. The van der Waals surface area contributed by atoms with Crippen molar-refractivity contribution in [3.8, 4) is 11.3 Å². The maximum absolute atomic E-state index is 12.0. The molecule has 3 aromatic rings. The summed E-state index contributed by atoms with van der Waals surface area (Å²) in [6.45, 7) is 2.12. The van der Waals surface area contributed by atoms with Gasteiger partial charge in [0.25, 0.3) is 5.91 Å². The summed E-state index contributed by atoms with van der Waals surface area (Å²) in [4.78, 5) is 12.0. The first kappa shape index (κ1) is 13.5. The third-order valence-electron chi connectivity index (χ3n) is 2.85. The van der Waals surface area contributed by atoms with Crippen molar-refractivity contribution in [2.24, 2.45) is 0 Å². The molecule has 0 aromatic carbocycles. The fraction of sp³-hybridized carbons (Fsp3) is 0.231. The van der Waals surface area contributed by atoms with Gasteiger partial charge in [-0.1, -0.05) is 6.92 Å². The van der Waals surface area contributed by atoms with Crippen molar-refractivity contribution in [1.82, 2.24) is 25.7 Å². The molecule has 0 saturated carbocycles. The molecule has 2 N–H and O–H groups in total. The molecular formula is C13H13N5O2S. The van der Waals surface area contributed by atoms with Crippen LogP contribution in [0.25, 0.3) is 11.3 Å². The molecule has 3 rings (SSSR count). The van der Waals surface area contributed by atoms with Crippen LogP contribution in [0.5, 0.6) is 0 Å². The minimum absolute atomic E-state index is 0.193. The molecule has 3 aromatic heterocycles. The first-order valence-corrected chi connectivity index (χ1v) is 7.38. The van der Waals surface area contributed by atoms with E-state index in [1.165, 1.54) is 0 Å². The van der Waals surface area contributed by atoms with E-state index in [1.54, 1.807) is 17.4 Å². The second kappa shape index (κ2) is 5.88. The zero-order valence-corrected chi connectivity index (χ0v) is 12.1. The number of carbonyl (C=O) groups is 1. The topological polar surface area (TPSA) is 96.7 Å². The average molecular weight is 303 g/mol. The lowest BCUT2D eigenvalue weighted by Crippen LogP contribution is -2.23. The maximum atomic E-state index is 12.0. The fourth-order valence-electron chi connectivity index (χ4n) is 1.75. The van der Waals surface area contributed by atoms with Crippen LogP contribution in [0.4, 0.5) is 0 Å². The Kier molecular flexibility index (Phi) is 3.78. The van der Waals surface area contributed by atoms with E-state index >= 15 is 0 Å². The first-order valence-electron chi connectivity index (χ1n) is 6.43. The van der Waals surface area contributed by atoms with Crippen molar-refractivity contribution in [3.63, 3.8) is 0 Å². The molecule has 8 heteroatoms. The zero-order chi connectivity index (χ0) is 14.7. The van der Waals surface area contributed by atoms with Crippen LogP contribution in [0, 0.1) is 0 Å². The van der Waals surface area contributed by atoms with Gasteiger partial charge < -0.3 is 9.73 Å². The summed E-state index contributed by atoms with van der Waals surface area (Å²) in [6.07, 6.45) is 0.672. The SMILES string of the molecule is CCc1nnc(CNC(=O)c2cc(-c3ccsc3)n[nH]2)o1. The highest BCUT2D eigenvalue weighted by molar-refractivity contribution is 7.08. The third-order valence-corrected chi connectivity index (χ3v) is 3.53. The molecule has 0 aliphatic carbocycles. The molecule has 108 valence electrons. The van der Waals surface area contributed by atoms with Gasteiger partial charge in [0.05, 0.1) is 12.2 Å². The number of H-pyrrole nitrogens is 1. The van der Waals surface area contributed by atoms with E-state index in [0.29, 0.717) is 23.9 Å². The average Bonchev–Trinajstić information content (AvgIpc) is 3.24. The highest BCUT2D eigenvalue weighted by atomic mass is 32.1. The fourth-order valence-corrected chi connectivity index (χ4v) is 2.40. The number of aromatic nitrogens is 4. The summed E-state index contributed by atoms with van der Waals surface area (Å²) in [6, 6.07) is 3.66. The summed E-state index contributed by atoms with van der Waals surface area (Å²) >= 11 is 1.58. The molecule has 3 heterocycles. The highest BCUT2D eigenvalue weighted by Crippen LogP contribution is 2.20. The molecule has 1 amide bonds. The van der Waals surface area contributed by atoms with Crippen molar-refractivity contribution < 1.29 is 9.21 Å². The van der Waals surface area contributed by atoms with Crippen molar-refractivity contribution in [2.45, 2.75) is 19.9 Å². The molecule has 0 bridgehead atoms. The number of rotatable bonds is 5. The van der Waals surface area contributed by atoms with Crippen LogP contribution in [0.3, 0.4) is 0 Å². The predicted octanol–water partition coefficient (Wildman–Crippen LogP) is 2.01. The largest absolute Gasteiger partial charge is 0.423 e. The molecule has 7 nitrogen and oxygen atoms in total. The number of amides is 1. The van der Waals surface area contributed by atoms with Crippen LogP contribution in [0.2, 0.25) is 0 Å². The van der Waals surface area contributed by atoms with Gasteiger partial charge in [0.2, 0.25) is 11.8 Å². The van der Waals surface area contributed by atoms with Gasteiger partial charge in [-0.05, 0) is 17.5 Å². The van der Waals surface area contributed by atoms with Gasteiger partial charge >= 0.3 is 0 Å². The highest BCUT2D eigenvalue weighted by Gasteiger charge is 2.12. The smallest absolute Gasteiger partial charge is 0.269 e. The molecule has 0 radical (unpaired) electrons. The molecule has 0 atom stereocenters. The summed E-state index contributed by atoms with van der Waals surface area (Å²) in [5.74, 6) is 0.679. The molecule has 21 heavy (non-hydrogen) atoms. The number of aryl methyl sites for hydroxylation is 1. The molecule has 0 aliphatic rings. The number of nitrogens with zero attached hydrogens (tertiary/aromatic N) is 3. The lowest BCUT2D eigenvalue weighted by Gasteiger charge is -1.98. The standard InChI is InChI=1S/C13H13N5O2S/c1-2-11-17-18-12(20-11)6-14-13(19)10-5-9(15-16-10)8-3-4-21-7-8/h3-5,7H,2,6H2,1H3,(H,14,19)(H,15,16). The first-order chi connectivity index (χ1) is 10.3. The Balaban J connectivity index is 1.63. The molecule has 0 unspecified atom stereocenters. The van der Waals surface area contributed by atoms with Crippen LogP contribution >= 0.6 is 11.3 Å². The van der Waals surface area contributed by atoms with Crippen molar-refractivity contribution in [3.05, 3.63) is 40.4 Å². The number of hydrogen-bond donors (Lipinski definition) is 2. The zero-order valence-electron chi connectivity index (χ0n) is 11.3. The number of hydrogen-bond acceptors (Lipinski definition) is 6. The van der Waals surface area contributed by atoms with Crippen LogP contribution in [-0.2, 0) is 13.0 Å². The van der Waals surface area contributed by atoms with Crippen molar-refractivity contribution >= 4 is 17.2 Å². The minimum atomic E-state index is -0.264. The number of carbonyl (C=O) groups excluding carboxylic acids is 1. The summed E-state index contributed by atoms with van der Waals surface area (Å²) in [5, 5.41) is 21.2. The Hall–Kier alpha value is -2.48. The predicted molar refractivity (Wildman–Crippen MR) is 76.7 cm³/mol. The van der Waals surface area contributed by atoms with E-state index in [4.69, 9.17) is 4.42 Å². The number of aromatic amines is 1. The van der Waals surface area contributed by atoms with E-state index in [-0.39, 0.29) is 12.5 Å². The van der Waals surface area contributed by atoms with E-state index in [2.05, 4.69) is 25.7 Å². The van der Waals surface area contributed by atoms with Gasteiger partial charge in [0, 0.05) is 17.4 Å². The Labute approximate surface area is 124 Å². The normalized spacial score (nSPS) is 10.7. The van der Waals surface area contributed by atoms with E-state index in [1.807, 2.05) is 23.8 Å². The third kappa shape index (κ3) is 3.00. The Bertz CT molecular complexity index is 731. The summed E-state index contributed by atoms with van der Waals surface area (Å²) in [7, 11) is 0. The van der Waals surface area contributed by atoms with Gasteiger partial charge in [-0.2, -0.15) is 16.4 Å². The van der Waals surface area contributed by atoms with Gasteiger partial charge in [-0.3, -0.25) is 9.89 Å². The Morgan fingerprint density at radius 2 is 2.29 bits per heavy atom. The molecule has 0 spiro atoms. The van der Waals surface area contributed by atoms with Gasteiger partial charge in [0.15, 0.2) is 0 Å². The van der Waals surface area contributed by atoms with E-state index < -0.39 is 0 Å². The quantitative estimate of drug-likeness (QED) is 0.751. The maximum Gasteiger partial charge on any atom is 0.269 e. The molecular weight excluding hydrogens is 290 g/mol.